The van der Waals surface area contributed by atoms with Gasteiger partial charge in [-0.1, -0.05) is 0 Å². The Morgan fingerprint density at radius 3 is 2.72 bits per heavy atom. The van der Waals surface area contributed by atoms with E-state index in [1.165, 1.54) is 0 Å². The number of ether oxygens (including phenoxy) is 1. The van der Waals surface area contributed by atoms with Gasteiger partial charge in [0, 0.05) is 17.8 Å². The molecule has 1 rings (SSSR count). The fourth-order valence-corrected chi connectivity index (χ4v) is 1.26. The number of hydrogen-bond acceptors (Lipinski definition) is 3. The number of pyridine rings is 1. The van der Waals surface area contributed by atoms with Crippen LogP contribution in [0, 0.1) is 0 Å². The molecule has 6 heteroatoms. The summed E-state index contributed by atoms with van der Waals surface area (Å²) in [5, 5.41) is 3.10. The van der Waals surface area contributed by atoms with Crippen LogP contribution in [0.15, 0.2) is 23.3 Å². The Kier molecular flexibility index (Phi) is 6.97. The van der Waals surface area contributed by atoms with Gasteiger partial charge < -0.3 is 15.8 Å². The number of guanidine groups is 1. The number of rotatable bonds is 3. The van der Waals surface area contributed by atoms with Gasteiger partial charge in [0.05, 0.1) is 13.7 Å². The third-order valence-corrected chi connectivity index (χ3v) is 1.94. The van der Waals surface area contributed by atoms with Crippen LogP contribution in [-0.4, -0.2) is 23.6 Å². The van der Waals surface area contributed by atoms with Gasteiger partial charge in [-0.25, -0.2) is 9.98 Å². The smallest absolute Gasteiger partial charge is 0.213 e. The van der Waals surface area contributed by atoms with Crippen molar-refractivity contribution in [3.05, 3.63) is 23.9 Å². The molecule has 1 heterocycles. The number of nitrogens with two attached hydrogens (primary N) is 1. The highest BCUT2D eigenvalue weighted by Gasteiger charge is 2.09. The highest BCUT2D eigenvalue weighted by molar-refractivity contribution is 14.0. The van der Waals surface area contributed by atoms with Crippen LogP contribution in [0.4, 0.5) is 0 Å². The Morgan fingerprint density at radius 2 is 2.17 bits per heavy atom. The Hall–Kier alpha value is -1.05. The van der Waals surface area contributed by atoms with Crippen LogP contribution >= 0.6 is 24.0 Å². The molecule has 0 aliphatic carbocycles. The minimum absolute atomic E-state index is 0. The van der Waals surface area contributed by atoms with Gasteiger partial charge in [0.2, 0.25) is 5.88 Å². The summed E-state index contributed by atoms with van der Waals surface area (Å²) in [5.74, 6) is 1.02. The van der Waals surface area contributed by atoms with Crippen molar-refractivity contribution < 1.29 is 4.74 Å². The summed E-state index contributed by atoms with van der Waals surface area (Å²) in [6, 6.07) is 3.73. The Balaban J connectivity index is 0.00000289. The van der Waals surface area contributed by atoms with Crippen LogP contribution in [0.1, 0.15) is 26.3 Å². The molecular weight excluding hydrogens is 343 g/mol. The van der Waals surface area contributed by atoms with Crippen LogP contribution in [0.3, 0.4) is 0 Å². The third kappa shape index (κ3) is 6.63. The molecule has 0 aliphatic rings. The largest absolute Gasteiger partial charge is 0.481 e. The molecule has 0 fully saturated rings. The zero-order valence-corrected chi connectivity index (χ0v) is 13.6. The minimum Gasteiger partial charge on any atom is -0.481 e. The molecule has 0 aromatic carbocycles. The molecule has 0 spiro atoms. The molecule has 0 aliphatic heterocycles. The molecule has 0 amide bonds. The van der Waals surface area contributed by atoms with Crippen molar-refractivity contribution in [3.8, 4) is 5.88 Å². The predicted molar refractivity (Wildman–Crippen MR) is 84.4 cm³/mol. The number of halogens is 1. The maximum atomic E-state index is 5.77. The molecular formula is C12H21IN4O. The van der Waals surface area contributed by atoms with Crippen LogP contribution in [-0.2, 0) is 6.54 Å². The summed E-state index contributed by atoms with van der Waals surface area (Å²) in [7, 11) is 1.59. The Labute approximate surface area is 125 Å². The summed E-state index contributed by atoms with van der Waals surface area (Å²) in [4.78, 5) is 8.28. The fourth-order valence-electron chi connectivity index (χ4n) is 1.26. The molecule has 1 aromatic heterocycles. The van der Waals surface area contributed by atoms with Crippen LogP contribution in [0.25, 0.3) is 0 Å². The van der Waals surface area contributed by atoms with E-state index < -0.39 is 0 Å². The molecule has 102 valence electrons. The van der Waals surface area contributed by atoms with Crippen molar-refractivity contribution >= 4 is 29.9 Å². The summed E-state index contributed by atoms with van der Waals surface area (Å²) < 4.78 is 5.04. The first-order valence-corrected chi connectivity index (χ1v) is 5.48. The van der Waals surface area contributed by atoms with Gasteiger partial charge in [-0.15, -0.1) is 24.0 Å². The van der Waals surface area contributed by atoms with E-state index in [1.807, 2.05) is 32.9 Å². The summed E-state index contributed by atoms with van der Waals surface area (Å²) in [5.41, 5.74) is 6.70. The van der Waals surface area contributed by atoms with Crippen LogP contribution in [0.5, 0.6) is 5.88 Å². The van der Waals surface area contributed by atoms with E-state index in [0.29, 0.717) is 18.4 Å². The average molecular weight is 364 g/mol. The second-order valence-electron chi connectivity index (χ2n) is 4.78. The standard InChI is InChI=1S/C12H20N4O.HI/c1-12(2,3)16-11(13)15-8-9-5-6-14-10(7-9)17-4;/h5-7H,8H2,1-4H3,(H3,13,15,16);1H. The van der Waals surface area contributed by atoms with Crippen LogP contribution in [0.2, 0.25) is 0 Å². The van der Waals surface area contributed by atoms with Gasteiger partial charge >= 0.3 is 0 Å². The van der Waals surface area contributed by atoms with Crippen LogP contribution < -0.4 is 15.8 Å². The van der Waals surface area contributed by atoms with Crippen molar-refractivity contribution in [2.24, 2.45) is 10.7 Å². The lowest BCUT2D eigenvalue weighted by Crippen LogP contribution is -2.44. The molecule has 0 radical (unpaired) electrons. The molecule has 0 saturated heterocycles. The van der Waals surface area contributed by atoms with Gasteiger partial charge in [-0.2, -0.15) is 0 Å². The van der Waals surface area contributed by atoms with E-state index in [0.717, 1.165) is 5.56 Å². The summed E-state index contributed by atoms with van der Waals surface area (Å²) in [6.07, 6.45) is 1.69. The monoisotopic (exact) mass is 364 g/mol. The Morgan fingerprint density at radius 1 is 1.50 bits per heavy atom. The number of methoxy groups -OCH3 is 1. The molecule has 1 aromatic rings. The number of hydrogen-bond donors (Lipinski definition) is 2. The first-order chi connectivity index (χ1) is 7.90. The Bertz CT molecular complexity index is 401. The second kappa shape index (κ2) is 7.40. The lowest BCUT2D eigenvalue weighted by molar-refractivity contribution is 0.397. The van der Waals surface area contributed by atoms with E-state index in [4.69, 9.17) is 10.5 Å². The molecule has 0 atom stereocenters. The van der Waals surface area contributed by atoms with Crippen molar-refractivity contribution in [2.45, 2.75) is 32.9 Å². The highest BCUT2D eigenvalue weighted by atomic mass is 127. The lowest BCUT2D eigenvalue weighted by atomic mass is 10.1. The van der Waals surface area contributed by atoms with E-state index in [9.17, 15) is 0 Å². The van der Waals surface area contributed by atoms with E-state index in [1.54, 1.807) is 13.3 Å². The first kappa shape index (κ1) is 16.9. The van der Waals surface area contributed by atoms with Crippen molar-refractivity contribution in [3.63, 3.8) is 0 Å². The molecule has 0 bridgehead atoms. The van der Waals surface area contributed by atoms with Crippen molar-refractivity contribution in [2.75, 3.05) is 7.11 Å². The SMILES string of the molecule is COc1cc(CN=C(N)NC(C)(C)C)ccn1.I. The quantitative estimate of drug-likeness (QED) is 0.488. The van der Waals surface area contributed by atoms with E-state index in [-0.39, 0.29) is 29.5 Å². The maximum Gasteiger partial charge on any atom is 0.213 e. The maximum absolute atomic E-state index is 5.77. The normalized spacial score (nSPS) is 11.7. The molecule has 3 N–H and O–H groups in total. The van der Waals surface area contributed by atoms with Crippen molar-refractivity contribution in [1.29, 1.82) is 0 Å². The molecule has 0 saturated carbocycles. The first-order valence-electron chi connectivity index (χ1n) is 5.48. The fraction of sp³-hybridized carbons (Fsp3) is 0.500. The van der Waals surface area contributed by atoms with Crippen molar-refractivity contribution in [1.82, 2.24) is 10.3 Å². The topological polar surface area (TPSA) is 72.5 Å². The molecule has 5 nitrogen and oxygen atoms in total. The van der Waals surface area contributed by atoms with Gasteiger partial charge in [-0.05, 0) is 32.4 Å². The third-order valence-electron chi connectivity index (χ3n) is 1.94. The van der Waals surface area contributed by atoms with Gasteiger partial charge in [0.1, 0.15) is 0 Å². The van der Waals surface area contributed by atoms with Gasteiger partial charge in [-0.3, -0.25) is 0 Å². The number of nitrogens with one attached hydrogen (secondary N) is 1. The highest BCUT2D eigenvalue weighted by Crippen LogP contribution is 2.09. The second-order valence-corrected chi connectivity index (χ2v) is 4.78. The number of nitrogens with zero attached hydrogens (tertiary/aromatic N) is 2. The predicted octanol–water partition coefficient (Wildman–Crippen LogP) is 1.91. The van der Waals surface area contributed by atoms with E-state index >= 15 is 0 Å². The summed E-state index contributed by atoms with van der Waals surface area (Å²) in [6.45, 7) is 6.61. The minimum atomic E-state index is -0.0798. The zero-order valence-electron chi connectivity index (χ0n) is 11.2. The number of aliphatic imine (C=N–C) groups is 1. The van der Waals surface area contributed by atoms with Gasteiger partial charge in [0.15, 0.2) is 5.96 Å². The zero-order chi connectivity index (χ0) is 12.9. The lowest BCUT2D eigenvalue weighted by Gasteiger charge is -2.20. The number of aromatic nitrogens is 1. The molecule has 18 heavy (non-hydrogen) atoms. The summed E-state index contributed by atoms with van der Waals surface area (Å²) >= 11 is 0. The average Bonchev–Trinajstić information content (AvgIpc) is 2.24. The van der Waals surface area contributed by atoms with E-state index in [2.05, 4.69) is 15.3 Å². The van der Waals surface area contributed by atoms with Gasteiger partial charge in [0.25, 0.3) is 0 Å². The molecule has 0 unspecified atom stereocenters.